The number of amides is 1. The van der Waals surface area contributed by atoms with Gasteiger partial charge in [-0.05, 0) is 17.7 Å². The molecule has 0 fully saturated rings. The minimum absolute atomic E-state index is 0.267. The van der Waals surface area contributed by atoms with E-state index in [2.05, 4.69) is 0 Å². The van der Waals surface area contributed by atoms with Gasteiger partial charge in [0.15, 0.2) is 6.10 Å². The van der Waals surface area contributed by atoms with Crippen LogP contribution in [0.1, 0.15) is 22.8 Å². The Hall–Kier alpha value is -2.11. The van der Waals surface area contributed by atoms with Gasteiger partial charge in [-0.3, -0.25) is 4.79 Å². The van der Waals surface area contributed by atoms with Crippen LogP contribution in [0.15, 0.2) is 18.2 Å². The third-order valence-electron chi connectivity index (χ3n) is 2.40. The van der Waals surface area contributed by atoms with Gasteiger partial charge in [-0.2, -0.15) is 18.4 Å². The number of nitrogens with zero attached hydrogens (tertiary/aromatic N) is 1. The summed E-state index contributed by atoms with van der Waals surface area (Å²) in [5, 5.41) is 27.3. The maximum absolute atomic E-state index is 12.8. The van der Waals surface area contributed by atoms with Crippen molar-refractivity contribution in [2.45, 2.75) is 18.4 Å². The molecule has 0 radical (unpaired) electrons. The van der Waals surface area contributed by atoms with Gasteiger partial charge in [0.2, 0.25) is 5.91 Å². The highest BCUT2D eigenvalue weighted by atomic mass is 19.4. The fourth-order valence-corrected chi connectivity index (χ4v) is 1.45. The van der Waals surface area contributed by atoms with Gasteiger partial charge in [-0.25, -0.2) is 0 Å². The minimum Gasteiger partial charge on any atom is -0.385 e. The third kappa shape index (κ3) is 3.21. The summed E-state index contributed by atoms with van der Waals surface area (Å²) in [7, 11) is 0. The first kappa shape index (κ1) is 14.9. The Labute approximate surface area is 105 Å². The molecule has 8 heteroatoms. The summed E-state index contributed by atoms with van der Waals surface area (Å²) in [4.78, 5) is 10.7. The van der Waals surface area contributed by atoms with Crippen LogP contribution in [0.5, 0.6) is 0 Å². The van der Waals surface area contributed by atoms with Crippen molar-refractivity contribution in [3.05, 3.63) is 34.9 Å². The van der Waals surface area contributed by atoms with Crippen LogP contribution in [-0.2, 0) is 11.0 Å². The highest BCUT2D eigenvalue weighted by Crippen LogP contribution is 2.36. The number of hydrogen-bond acceptors (Lipinski definition) is 4. The molecule has 2 unspecified atom stereocenters. The Kier molecular flexibility index (Phi) is 4.14. The van der Waals surface area contributed by atoms with Crippen LogP contribution in [0.4, 0.5) is 13.2 Å². The maximum atomic E-state index is 12.8. The van der Waals surface area contributed by atoms with E-state index in [1.54, 1.807) is 0 Å². The summed E-state index contributed by atoms with van der Waals surface area (Å²) in [5.41, 5.74) is 2.41. The normalized spacial score (nSPS) is 14.5. The molecule has 0 aliphatic carbocycles. The Bertz CT molecular complexity index is 537. The van der Waals surface area contributed by atoms with Crippen LogP contribution in [0.3, 0.4) is 0 Å². The number of rotatable bonds is 3. The zero-order chi connectivity index (χ0) is 14.8. The molecule has 1 amide bonds. The lowest BCUT2D eigenvalue weighted by Crippen LogP contribution is -2.34. The number of aliphatic hydroxyl groups is 2. The number of benzene rings is 1. The van der Waals surface area contributed by atoms with Gasteiger partial charge < -0.3 is 15.9 Å². The van der Waals surface area contributed by atoms with Crippen LogP contribution >= 0.6 is 0 Å². The van der Waals surface area contributed by atoms with E-state index in [-0.39, 0.29) is 5.56 Å². The molecule has 2 atom stereocenters. The molecule has 4 N–H and O–H groups in total. The molecule has 0 heterocycles. The fraction of sp³-hybridized carbons (Fsp3) is 0.273. The summed E-state index contributed by atoms with van der Waals surface area (Å²) < 4.78 is 38.3. The lowest BCUT2D eigenvalue weighted by atomic mass is 9.96. The number of carbonyl (C=O) groups is 1. The second-order valence-corrected chi connectivity index (χ2v) is 3.70. The highest BCUT2D eigenvalue weighted by molar-refractivity contribution is 5.79. The molecule has 0 bridgehead atoms. The van der Waals surface area contributed by atoms with E-state index in [0.717, 1.165) is 12.1 Å². The zero-order valence-electron chi connectivity index (χ0n) is 9.35. The van der Waals surface area contributed by atoms with Gasteiger partial charge >= 0.3 is 6.18 Å². The van der Waals surface area contributed by atoms with E-state index < -0.39 is 35.4 Å². The molecule has 1 aromatic rings. The molecular weight excluding hydrogens is 265 g/mol. The third-order valence-corrected chi connectivity index (χ3v) is 2.40. The first-order chi connectivity index (χ1) is 8.68. The topological polar surface area (TPSA) is 107 Å². The molecule has 0 aliphatic rings. The van der Waals surface area contributed by atoms with Crippen molar-refractivity contribution in [1.29, 1.82) is 5.26 Å². The molecule has 1 rings (SSSR count). The van der Waals surface area contributed by atoms with Gasteiger partial charge in [0.05, 0.1) is 17.2 Å². The van der Waals surface area contributed by atoms with Crippen molar-refractivity contribution in [3.63, 3.8) is 0 Å². The number of halogens is 3. The predicted molar refractivity (Wildman–Crippen MR) is 56.3 cm³/mol. The van der Waals surface area contributed by atoms with Crippen LogP contribution in [0, 0.1) is 11.3 Å². The average Bonchev–Trinajstić information content (AvgIpc) is 2.35. The first-order valence-electron chi connectivity index (χ1n) is 4.95. The summed E-state index contributed by atoms with van der Waals surface area (Å²) in [6.45, 7) is 0. The van der Waals surface area contributed by atoms with Gasteiger partial charge in [0.1, 0.15) is 6.10 Å². The SMILES string of the molecule is N#Cc1ccc(C(O)C(O)C(N)=O)c(C(F)(F)F)c1. The first-order valence-corrected chi connectivity index (χ1v) is 4.95. The summed E-state index contributed by atoms with van der Waals surface area (Å²) in [5.74, 6) is -1.36. The molecule has 5 nitrogen and oxygen atoms in total. The molecule has 0 aromatic heterocycles. The van der Waals surface area contributed by atoms with Gasteiger partial charge in [0, 0.05) is 0 Å². The van der Waals surface area contributed by atoms with Crippen LogP contribution < -0.4 is 5.73 Å². The van der Waals surface area contributed by atoms with E-state index in [4.69, 9.17) is 11.0 Å². The van der Waals surface area contributed by atoms with Crippen molar-refractivity contribution in [2.75, 3.05) is 0 Å². The van der Waals surface area contributed by atoms with E-state index in [0.29, 0.717) is 6.07 Å². The second-order valence-electron chi connectivity index (χ2n) is 3.70. The Morgan fingerprint density at radius 2 is 1.95 bits per heavy atom. The van der Waals surface area contributed by atoms with E-state index in [1.807, 2.05) is 0 Å². The van der Waals surface area contributed by atoms with Crippen LogP contribution in [-0.4, -0.2) is 22.2 Å². The number of primary amides is 1. The quantitative estimate of drug-likeness (QED) is 0.744. The smallest absolute Gasteiger partial charge is 0.385 e. The standard InChI is InChI=1S/C11H9F3N2O3/c12-11(13,14)7-3-5(4-15)1-2-6(7)8(17)9(18)10(16)19/h1-3,8-9,17-18H,(H2,16,19). The summed E-state index contributed by atoms with van der Waals surface area (Å²) in [6, 6.07) is 3.89. The predicted octanol–water partition coefficient (Wildman–Crippen LogP) is 0.457. The number of carbonyl (C=O) groups excluding carboxylic acids is 1. The number of alkyl halides is 3. The highest BCUT2D eigenvalue weighted by Gasteiger charge is 2.37. The Balaban J connectivity index is 3.36. The van der Waals surface area contributed by atoms with E-state index >= 15 is 0 Å². The number of hydrogen-bond donors (Lipinski definition) is 3. The lowest BCUT2D eigenvalue weighted by molar-refractivity contribution is -0.142. The Morgan fingerprint density at radius 1 is 1.37 bits per heavy atom. The van der Waals surface area contributed by atoms with Crippen molar-refractivity contribution in [1.82, 2.24) is 0 Å². The summed E-state index contributed by atoms with van der Waals surface area (Å²) >= 11 is 0. The average molecular weight is 274 g/mol. The molecular formula is C11H9F3N2O3. The molecule has 0 aliphatic heterocycles. The van der Waals surface area contributed by atoms with Crippen molar-refractivity contribution in [2.24, 2.45) is 5.73 Å². The maximum Gasteiger partial charge on any atom is 0.416 e. The fourth-order valence-electron chi connectivity index (χ4n) is 1.45. The molecule has 0 spiro atoms. The largest absolute Gasteiger partial charge is 0.416 e. The Morgan fingerprint density at radius 3 is 2.37 bits per heavy atom. The lowest BCUT2D eigenvalue weighted by Gasteiger charge is -2.20. The number of nitriles is 1. The van der Waals surface area contributed by atoms with E-state index in [1.165, 1.54) is 6.07 Å². The van der Waals surface area contributed by atoms with Crippen LogP contribution in [0.2, 0.25) is 0 Å². The zero-order valence-corrected chi connectivity index (χ0v) is 9.35. The van der Waals surface area contributed by atoms with Gasteiger partial charge in [-0.15, -0.1) is 0 Å². The molecule has 0 saturated heterocycles. The van der Waals surface area contributed by atoms with Crippen molar-refractivity contribution >= 4 is 5.91 Å². The van der Waals surface area contributed by atoms with Crippen LogP contribution in [0.25, 0.3) is 0 Å². The minimum atomic E-state index is -4.85. The molecule has 102 valence electrons. The number of aliphatic hydroxyl groups excluding tert-OH is 2. The second kappa shape index (κ2) is 5.26. The number of nitrogens with two attached hydrogens (primary N) is 1. The van der Waals surface area contributed by atoms with Crippen molar-refractivity contribution < 1.29 is 28.2 Å². The monoisotopic (exact) mass is 274 g/mol. The summed E-state index contributed by atoms with van der Waals surface area (Å²) in [6.07, 6.45) is -9.14. The van der Waals surface area contributed by atoms with E-state index in [9.17, 15) is 28.2 Å². The van der Waals surface area contributed by atoms with Gasteiger partial charge in [0.25, 0.3) is 0 Å². The van der Waals surface area contributed by atoms with Crippen molar-refractivity contribution in [3.8, 4) is 6.07 Å². The van der Waals surface area contributed by atoms with Gasteiger partial charge in [-0.1, -0.05) is 6.07 Å². The molecule has 19 heavy (non-hydrogen) atoms. The molecule has 1 aromatic carbocycles. The molecule has 0 saturated carbocycles.